The maximum absolute atomic E-state index is 10.7. The number of carboxylic acids is 4. The maximum atomic E-state index is 10.7. The third-order valence-electron chi connectivity index (χ3n) is 1.71. The molecular weight excluding hydrogens is 494 g/mol. The van der Waals surface area contributed by atoms with E-state index >= 15 is 0 Å². The van der Waals surface area contributed by atoms with E-state index in [0.29, 0.717) is 13.1 Å². The number of aromatic carboxylic acids is 4. The van der Waals surface area contributed by atoms with Crippen LogP contribution < -0.4 is 0 Å². The number of carboxylic acid groups (broad SMARTS) is 4. The number of hydrogen-bond donors (Lipinski definition) is 6. The molecule has 1 aromatic heterocycles. The first-order chi connectivity index (χ1) is 13.9. The predicted octanol–water partition coefficient (Wildman–Crippen LogP) is 0.0298. The molecule has 0 aliphatic heterocycles. The number of nitrogens with zero attached hydrogens (tertiary/aromatic N) is 2. The monoisotopic (exact) mass is 512 g/mol. The summed E-state index contributed by atoms with van der Waals surface area (Å²) in [5.74, 6) is -7.34. The molecule has 0 aromatic carbocycles. The van der Waals surface area contributed by atoms with E-state index in [1.165, 1.54) is 0 Å². The quantitative estimate of drug-likeness (QED) is 0.310. The molecule has 18 heteroatoms. The zero-order valence-corrected chi connectivity index (χ0v) is 18.1. The van der Waals surface area contributed by atoms with Gasteiger partial charge in [-0.3, -0.25) is 0 Å². The van der Waals surface area contributed by atoms with Crippen LogP contribution in [0.4, 0.5) is 0 Å². The van der Waals surface area contributed by atoms with Crippen LogP contribution in [0.3, 0.4) is 0 Å². The van der Waals surface area contributed by atoms with Crippen LogP contribution in [0.2, 0.25) is 0 Å². The molecule has 1 aromatic rings. The Morgan fingerprint density at radius 3 is 0.833 bits per heavy atom. The van der Waals surface area contributed by atoms with Crippen LogP contribution in [0.5, 0.6) is 0 Å². The molecule has 8 N–H and O–H groups in total. The van der Waals surface area contributed by atoms with Gasteiger partial charge in [-0.15, -0.1) is 0 Å². The molecule has 0 radical (unpaired) electrons. The first-order valence-electron chi connectivity index (χ1n) is 6.99. The molecule has 0 bridgehead atoms. The van der Waals surface area contributed by atoms with Gasteiger partial charge in [0.05, 0.1) is 0 Å². The Kier molecular flexibility index (Phi) is 26.7. The Morgan fingerprint density at radius 2 is 0.767 bits per heavy atom. The van der Waals surface area contributed by atoms with Crippen LogP contribution in [0, 0.1) is 0 Å². The molecule has 0 atom stereocenters. The fourth-order valence-electron chi connectivity index (χ4n) is 1.03. The third-order valence-corrected chi connectivity index (χ3v) is 1.71. The standard InChI is InChI=1S/C8H4N2O8.2C2H6N.2H2O.2O.2V/c11-5(12)1-2(6(13)14)10-4(8(17)18)3(9-1)7(15)16;2*1-2-3;;;;;;/h(H,11,12)(H,13,14)(H,15,16)(H,17,18);2*3H,2H2,1H3;2*1H2;;;;/q;2*-1;;;;;2*+1/p-2. The topological polar surface area (TPSA) is 297 Å². The van der Waals surface area contributed by atoms with E-state index in [4.69, 9.17) is 47.3 Å². The molecule has 1 rings (SSSR count). The van der Waals surface area contributed by atoms with E-state index in [1.54, 1.807) is 13.8 Å². The summed E-state index contributed by atoms with van der Waals surface area (Å²) in [6.45, 7) is 4.58. The number of carbonyl (C=O) groups is 4. The van der Waals surface area contributed by atoms with Crippen molar-refractivity contribution >= 4 is 23.9 Å². The van der Waals surface area contributed by atoms with Crippen molar-refractivity contribution in [1.82, 2.24) is 9.97 Å². The van der Waals surface area contributed by atoms with Crippen molar-refractivity contribution in [3.63, 3.8) is 0 Å². The average molecular weight is 512 g/mol. The van der Waals surface area contributed by atoms with Crippen LogP contribution in [0.15, 0.2) is 0 Å². The number of aromatic nitrogens is 2. The molecule has 0 fully saturated rings. The number of rotatable bonds is 4. The van der Waals surface area contributed by atoms with Gasteiger partial charge in [-0.1, -0.05) is 13.8 Å². The summed E-state index contributed by atoms with van der Waals surface area (Å²) in [7, 11) is 0. The minimum atomic E-state index is -1.83. The second-order valence-corrected chi connectivity index (χ2v) is 4.22. The van der Waals surface area contributed by atoms with E-state index in [9.17, 15) is 19.2 Å². The van der Waals surface area contributed by atoms with Gasteiger partial charge in [0.15, 0.2) is 22.8 Å². The third kappa shape index (κ3) is 17.7. The van der Waals surface area contributed by atoms with Gasteiger partial charge in [-0.05, 0) is 0 Å². The Morgan fingerprint density at radius 1 is 0.667 bits per heavy atom. The van der Waals surface area contributed by atoms with Crippen LogP contribution in [-0.4, -0.2) is 75.4 Å². The second kappa shape index (κ2) is 22.9. The van der Waals surface area contributed by atoms with Gasteiger partial charge in [0, 0.05) is 0 Å². The van der Waals surface area contributed by atoms with Crippen LogP contribution in [-0.2, 0) is 40.5 Å². The summed E-state index contributed by atoms with van der Waals surface area (Å²) < 4.78 is 31.4. The van der Waals surface area contributed by atoms with Crippen LogP contribution in [0.25, 0.3) is 11.5 Å². The Hall–Kier alpha value is -2.43. The molecule has 1 heterocycles. The summed E-state index contributed by atoms with van der Waals surface area (Å²) in [5.41, 5.74) is 7.82. The molecule has 170 valence electrons. The molecular formula is C12H18N4O12V2-2. The zero-order chi connectivity index (χ0) is 24.9. The number of hydrogen-bond acceptors (Lipinski definition) is 8. The van der Waals surface area contributed by atoms with Crippen molar-refractivity contribution in [2.75, 3.05) is 13.1 Å². The summed E-state index contributed by atoms with van der Waals surface area (Å²) in [6.07, 6.45) is 0. The summed E-state index contributed by atoms with van der Waals surface area (Å²) in [5, 5.41) is 34.6. The Bertz CT molecular complexity index is 610. The van der Waals surface area contributed by atoms with E-state index in [-0.39, 0.29) is 0 Å². The van der Waals surface area contributed by atoms with Gasteiger partial charge in [-0.25, -0.2) is 29.1 Å². The van der Waals surface area contributed by atoms with Crippen molar-refractivity contribution < 1.29 is 88.2 Å². The Balaban J connectivity index is -0.000000234. The molecule has 0 saturated carbocycles. The van der Waals surface area contributed by atoms with Gasteiger partial charge in [0.1, 0.15) is 0 Å². The van der Waals surface area contributed by atoms with Gasteiger partial charge < -0.3 is 31.9 Å². The van der Waals surface area contributed by atoms with Crippen molar-refractivity contribution in [2.24, 2.45) is 0 Å². The summed E-state index contributed by atoms with van der Waals surface area (Å²) in [6, 6.07) is 0. The summed E-state index contributed by atoms with van der Waals surface area (Å²) >= 11 is -3.12. The van der Waals surface area contributed by atoms with E-state index in [0.717, 1.165) is 0 Å². The van der Waals surface area contributed by atoms with Gasteiger partial charge in [-0.2, -0.15) is 13.1 Å². The van der Waals surface area contributed by atoms with Crippen molar-refractivity contribution in [2.45, 2.75) is 13.8 Å². The zero-order valence-electron chi connectivity index (χ0n) is 15.3. The van der Waals surface area contributed by atoms with Crippen LogP contribution in [0.1, 0.15) is 55.8 Å². The first-order valence-corrected chi connectivity index (χ1v) is 9.38. The van der Waals surface area contributed by atoms with Gasteiger partial charge >= 0.3 is 72.5 Å². The fourth-order valence-corrected chi connectivity index (χ4v) is 1.03. The molecule has 0 aliphatic rings. The van der Waals surface area contributed by atoms with E-state index in [1.807, 2.05) is 0 Å². The molecule has 16 nitrogen and oxygen atoms in total. The molecule has 30 heavy (non-hydrogen) atoms. The van der Waals surface area contributed by atoms with E-state index < -0.39 is 79.8 Å². The number of nitrogens with one attached hydrogen (secondary N) is 2. The van der Waals surface area contributed by atoms with Gasteiger partial charge in [0.2, 0.25) is 0 Å². The van der Waals surface area contributed by atoms with Crippen molar-refractivity contribution in [3.8, 4) is 0 Å². The fraction of sp³-hybridized carbons (Fsp3) is 0.333. The molecule has 0 saturated heterocycles. The SMILES string of the molecule is CC[NH-].CC[NH-].O=C(O)c1nc(C(=O)O)c(C(=O)O)nc1C(=O)O.[O]=[V][OH].[O]=[V][OH]. The first kappa shape index (κ1) is 35.0. The average Bonchev–Trinajstić information content (AvgIpc) is 2.62. The van der Waals surface area contributed by atoms with E-state index in [2.05, 4.69) is 9.97 Å². The molecule has 0 spiro atoms. The Labute approximate surface area is 183 Å². The normalized spacial score (nSPS) is 7.93. The van der Waals surface area contributed by atoms with Crippen molar-refractivity contribution in [1.29, 1.82) is 0 Å². The minimum absolute atomic E-state index is 0.500. The van der Waals surface area contributed by atoms with Gasteiger partial charge in [0.25, 0.3) is 0 Å². The van der Waals surface area contributed by atoms with Crippen LogP contribution >= 0.6 is 0 Å². The molecule has 0 aliphatic carbocycles. The molecule has 0 amide bonds. The molecule has 0 unspecified atom stereocenters. The predicted molar refractivity (Wildman–Crippen MR) is 85.4 cm³/mol. The summed E-state index contributed by atoms with van der Waals surface area (Å²) in [4.78, 5) is 48.7. The second-order valence-electron chi connectivity index (χ2n) is 3.71. The van der Waals surface area contributed by atoms with Crippen molar-refractivity contribution in [3.05, 3.63) is 34.2 Å².